The van der Waals surface area contributed by atoms with Crippen molar-refractivity contribution in [2.75, 3.05) is 0 Å². The highest BCUT2D eigenvalue weighted by atomic mass is 14.9. The minimum Gasteiger partial charge on any atom is -0.305 e. The van der Waals surface area contributed by atoms with E-state index in [0.717, 1.165) is 18.1 Å². The van der Waals surface area contributed by atoms with E-state index in [1.165, 1.54) is 16.3 Å². The molecule has 3 nitrogen and oxygen atoms in total. The highest BCUT2D eigenvalue weighted by Gasteiger charge is 2.06. The Morgan fingerprint density at radius 1 is 1.05 bits per heavy atom. The van der Waals surface area contributed by atoms with Crippen LogP contribution in [0.4, 0.5) is 0 Å². The van der Waals surface area contributed by atoms with Crippen molar-refractivity contribution in [3.63, 3.8) is 0 Å². The van der Waals surface area contributed by atoms with Crippen LogP contribution in [0.25, 0.3) is 10.8 Å². The number of nitrogens with zero attached hydrogens (tertiary/aromatic N) is 2. The molecule has 0 radical (unpaired) electrons. The zero-order valence-corrected chi connectivity index (χ0v) is 12.4. The summed E-state index contributed by atoms with van der Waals surface area (Å²) in [7, 11) is 0. The third-order valence-corrected chi connectivity index (χ3v) is 3.70. The third kappa shape index (κ3) is 3.26. The molecule has 21 heavy (non-hydrogen) atoms. The van der Waals surface area contributed by atoms with E-state index in [-0.39, 0.29) is 6.04 Å². The summed E-state index contributed by atoms with van der Waals surface area (Å²) < 4.78 is 0. The fourth-order valence-corrected chi connectivity index (χ4v) is 2.46. The average molecular weight is 277 g/mol. The largest absolute Gasteiger partial charge is 0.305 e. The number of benzene rings is 2. The Balaban J connectivity index is 1.73. The van der Waals surface area contributed by atoms with E-state index in [1.807, 2.05) is 13.0 Å². The van der Waals surface area contributed by atoms with E-state index >= 15 is 0 Å². The molecule has 0 saturated carbocycles. The molecule has 3 aromatic rings. The van der Waals surface area contributed by atoms with Crippen molar-refractivity contribution >= 4 is 10.8 Å². The molecule has 0 spiro atoms. The van der Waals surface area contributed by atoms with Gasteiger partial charge >= 0.3 is 0 Å². The van der Waals surface area contributed by atoms with Crippen LogP contribution in [0.3, 0.4) is 0 Å². The first-order valence-electron chi connectivity index (χ1n) is 7.23. The van der Waals surface area contributed by atoms with Crippen molar-refractivity contribution in [2.45, 2.75) is 26.4 Å². The van der Waals surface area contributed by atoms with Crippen LogP contribution in [0.15, 0.2) is 54.7 Å². The van der Waals surface area contributed by atoms with Crippen LogP contribution in [0.2, 0.25) is 0 Å². The summed E-state index contributed by atoms with van der Waals surface area (Å²) in [5.74, 6) is 0.813. The van der Waals surface area contributed by atoms with Crippen molar-refractivity contribution in [1.82, 2.24) is 15.3 Å². The standard InChI is InChI=1S/C18H19N3/c1-13(20-12-18-9-10-19-14(2)21-18)16-8-7-15-5-3-4-6-17(15)11-16/h3-11,13,20H,12H2,1-2H3. The Morgan fingerprint density at radius 2 is 1.86 bits per heavy atom. The normalized spacial score (nSPS) is 12.5. The van der Waals surface area contributed by atoms with Gasteiger partial charge in [-0.2, -0.15) is 0 Å². The highest BCUT2D eigenvalue weighted by Crippen LogP contribution is 2.20. The number of hydrogen-bond donors (Lipinski definition) is 1. The van der Waals surface area contributed by atoms with E-state index in [0.29, 0.717) is 0 Å². The predicted molar refractivity (Wildman–Crippen MR) is 86.0 cm³/mol. The SMILES string of the molecule is Cc1nccc(CNC(C)c2ccc3ccccc3c2)n1. The Hall–Kier alpha value is -2.26. The van der Waals surface area contributed by atoms with E-state index in [9.17, 15) is 0 Å². The lowest BCUT2D eigenvalue weighted by Gasteiger charge is -2.15. The quantitative estimate of drug-likeness (QED) is 0.788. The molecule has 1 heterocycles. The lowest BCUT2D eigenvalue weighted by molar-refractivity contribution is 0.566. The van der Waals surface area contributed by atoms with Crippen LogP contribution in [0, 0.1) is 6.92 Å². The number of hydrogen-bond acceptors (Lipinski definition) is 3. The van der Waals surface area contributed by atoms with Crippen molar-refractivity contribution in [3.05, 3.63) is 71.8 Å². The zero-order chi connectivity index (χ0) is 14.7. The molecule has 0 aliphatic rings. The van der Waals surface area contributed by atoms with Gasteiger partial charge in [0.15, 0.2) is 0 Å². The van der Waals surface area contributed by atoms with Crippen LogP contribution in [-0.2, 0) is 6.54 Å². The second-order valence-electron chi connectivity index (χ2n) is 5.30. The minimum absolute atomic E-state index is 0.282. The van der Waals surface area contributed by atoms with E-state index < -0.39 is 0 Å². The Bertz CT molecular complexity index is 752. The van der Waals surface area contributed by atoms with Gasteiger partial charge in [0, 0.05) is 18.8 Å². The Kier molecular flexibility index (Phi) is 3.93. The minimum atomic E-state index is 0.282. The molecule has 1 unspecified atom stereocenters. The smallest absolute Gasteiger partial charge is 0.125 e. The third-order valence-electron chi connectivity index (χ3n) is 3.70. The molecule has 106 valence electrons. The first-order chi connectivity index (χ1) is 10.2. The molecule has 3 heteroatoms. The number of rotatable bonds is 4. The second kappa shape index (κ2) is 6.02. The number of aryl methyl sites for hydroxylation is 1. The van der Waals surface area contributed by atoms with E-state index in [4.69, 9.17) is 0 Å². The molecule has 2 aromatic carbocycles. The molecule has 0 fully saturated rings. The van der Waals surface area contributed by atoms with E-state index in [1.54, 1.807) is 6.20 Å². The van der Waals surface area contributed by atoms with Crippen molar-refractivity contribution in [2.24, 2.45) is 0 Å². The first kappa shape index (κ1) is 13.7. The van der Waals surface area contributed by atoms with Gasteiger partial charge in [-0.15, -0.1) is 0 Å². The van der Waals surface area contributed by atoms with Crippen LogP contribution in [0.1, 0.15) is 30.0 Å². The molecule has 1 N–H and O–H groups in total. The van der Waals surface area contributed by atoms with Gasteiger partial charge in [-0.3, -0.25) is 0 Å². The van der Waals surface area contributed by atoms with Gasteiger partial charge in [0.05, 0.1) is 5.69 Å². The highest BCUT2D eigenvalue weighted by molar-refractivity contribution is 5.83. The molecule has 1 aromatic heterocycles. The summed E-state index contributed by atoms with van der Waals surface area (Å²) >= 11 is 0. The van der Waals surface area contributed by atoms with Gasteiger partial charge < -0.3 is 5.32 Å². The predicted octanol–water partition coefficient (Wildman–Crippen LogP) is 3.79. The summed E-state index contributed by atoms with van der Waals surface area (Å²) in [6.07, 6.45) is 1.81. The molecule has 0 aliphatic heterocycles. The summed E-state index contributed by atoms with van der Waals surface area (Å²) in [6.45, 7) is 4.84. The van der Waals surface area contributed by atoms with Crippen LogP contribution in [-0.4, -0.2) is 9.97 Å². The monoisotopic (exact) mass is 277 g/mol. The van der Waals surface area contributed by atoms with Gasteiger partial charge in [-0.05, 0) is 42.3 Å². The van der Waals surface area contributed by atoms with Gasteiger partial charge in [0.1, 0.15) is 5.82 Å². The fourth-order valence-electron chi connectivity index (χ4n) is 2.46. The summed E-state index contributed by atoms with van der Waals surface area (Å²) in [5, 5.41) is 6.07. The number of nitrogens with one attached hydrogen (secondary N) is 1. The van der Waals surface area contributed by atoms with Crippen LogP contribution >= 0.6 is 0 Å². The van der Waals surface area contributed by atoms with Crippen molar-refractivity contribution in [1.29, 1.82) is 0 Å². The van der Waals surface area contributed by atoms with Crippen molar-refractivity contribution in [3.8, 4) is 0 Å². The van der Waals surface area contributed by atoms with E-state index in [2.05, 4.69) is 64.7 Å². The topological polar surface area (TPSA) is 37.8 Å². The average Bonchev–Trinajstić information content (AvgIpc) is 2.52. The zero-order valence-electron chi connectivity index (χ0n) is 12.4. The number of fused-ring (bicyclic) bond motifs is 1. The van der Waals surface area contributed by atoms with Gasteiger partial charge in [-0.1, -0.05) is 36.4 Å². The van der Waals surface area contributed by atoms with Gasteiger partial charge in [-0.25, -0.2) is 9.97 Å². The molecule has 1 atom stereocenters. The molecule has 0 saturated heterocycles. The maximum Gasteiger partial charge on any atom is 0.125 e. The molecule has 0 amide bonds. The molecule has 0 aliphatic carbocycles. The second-order valence-corrected chi connectivity index (χ2v) is 5.30. The Morgan fingerprint density at radius 3 is 2.67 bits per heavy atom. The summed E-state index contributed by atoms with van der Waals surface area (Å²) in [4.78, 5) is 8.54. The molecule has 3 rings (SSSR count). The van der Waals surface area contributed by atoms with Gasteiger partial charge in [0.25, 0.3) is 0 Å². The van der Waals surface area contributed by atoms with Gasteiger partial charge in [0.2, 0.25) is 0 Å². The molecular formula is C18H19N3. The van der Waals surface area contributed by atoms with Crippen LogP contribution in [0.5, 0.6) is 0 Å². The summed E-state index contributed by atoms with van der Waals surface area (Å²) in [6, 6.07) is 17.3. The van der Waals surface area contributed by atoms with Crippen molar-refractivity contribution < 1.29 is 0 Å². The first-order valence-corrected chi connectivity index (χ1v) is 7.23. The fraction of sp³-hybridized carbons (Fsp3) is 0.222. The lowest BCUT2D eigenvalue weighted by Crippen LogP contribution is -2.19. The maximum atomic E-state index is 4.42. The van der Waals surface area contributed by atoms with Crippen LogP contribution < -0.4 is 5.32 Å². The lowest BCUT2D eigenvalue weighted by atomic mass is 10.0. The Labute approximate surface area is 125 Å². The number of aromatic nitrogens is 2. The maximum absolute atomic E-state index is 4.42. The molecular weight excluding hydrogens is 258 g/mol. The summed E-state index contributed by atoms with van der Waals surface area (Å²) in [5.41, 5.74) is 2.31. The molecule has 0 bridgehead atoms.